The Hall–Kier alpha value is -1.51. The summed E-state index contributed by atoms with van der Waals surface area (Å²) in [6.07, 6.45) is 6.79. The van der Waals surface area contributed by atoms with Crippen molar-refractivity contribution in [1.29, 1.82) is 0 Å². The molecule has 0 saturated carbocycles. The van der Waals surface area contributed by atoms with E-state index in [0.717, 1.165) is 24.3 Å². The number of rotatable bonds is 8. The van der Waals surface area contributed by atoms with Crippen LogP contribution >= 0.6 is 0 Å². The van der Waals surface area contributed by atoms with Crippen LogP contribution in [0.1, 0.15) is 38.2 Å². The van der Waals surface area contributed by atoms with Gasteiger partial charge in [0.15, 0.2) is 0 Å². The van der Waals surface area contributed by atoms with Crippen LogP contribution in [0.25, 0.3) is 0 Å². The average Bonchev–Trinajstić information content (AvgIpc) is 2.37. The smallest absolute Gasteiger partial charge is 0.119 e. The molecule has 3 heteroatoms. The molecule has 0 bridgehead atoms. The van der Waals surface area contributed by atoms with Gasteiger partial charge in [-0.25, -0.2) is 0 Å². The van der Waals surface area contributed by atoms with Crippen LogP contribution in [0, 0.1) is 0 Å². The molecule has 1 rings (SSSR count). The van der Waals surface area contributed by atoms with E-state index in [4.69, 9.17) is 4.74 Å². The zero-order valence-corrected chi connectivity index (χ0v) is 11.7. The van der Waals surface area contributed by atoms with Crippen LogP contribution in [0.2, 0.25) is 0 Å². The Morgan fingerprint density at radius 3 is 2.44 bits per heavy atom. The number of ether oxygens (including phenoxy) is 1. The highest BCUT2D eigenvalue weighted by molar-refractivity contribution is 5.79. The van der Waals surface area contributed by atoms with Crippen LogP contribution in [-0.2, 0) is 0 Å². The maximum absolute atomic E-state index is 5.68. The highest BCUT2D eigenvalue weighted by atomic mass is 16.5. The van der Waals surface area contributed by atoms with Crippen molar-refractivity contribution in [2.24, 2.45) is 5.10 Å². The summed E-state index contributed by atoms with van der Waals surface area (Å²) >= 11 is 0. The van der Waals surface area contributed by atoms with Crippen LogP contribution in [0.15, 0.2) is 29.4 Å². The summed E-state index contributed by atoms with van der Waals surface area (Å²) in [7, 11) is 3.81. The summed E-state index contributed by atoms with van der Waals surface area (Å²) in [4.78, 5) is 0. The summed E-state index contributed by atoms with van der Waals surface area (Å²) in [5.41, 5.74) is 1.09. The quantitative estimate of drug-likeness (QED) is 0.399. The van der Waals surface area contributed by atoms with Crippen LogP contribution in [-0.4, -0.2) is 31.9 Å². The van der Waals surface area contributed by atoms with Crippen molar-refractivity contribution in [3.8, 4) is 5.75 Å². The van der Waals surface area contributed by atoms with Crippen LogP contribution in [0.5, 0.6) is 5.75 Å². The summed E-state index contributed by atoms with van der Waals surface area (Å²) in [5, 5.41) is 5.96. The van der Waals surface area contributed by atoms with E-state index in [2.05, 4.69) is 12.0 Å². The molecule has 0 atom stereocenters. The number of hydrogen-bond acceptors (Lipinski definition) is 3. The van der Waals surface area contributed by atoms with Crippen molar-refractivity contribution in [3.05, 3.63) is 29.8 Å². The van der Waals surface area contributed by atoms with Gasteiger partial charge in [0.05, 0.1) is 12.8 Å². The van der Waals surface area contributed by atoms with Crippen molar-refractivity contribution < 1.29 is 4.74 Å². The third-order valence-corrected chi connectivity index (χ3v) is 2.58. The lowest BCUT2D eigenvalue weighted by Crippen LogP contribution is -2.02. The number of nitrogens with zero attached hydrogens (tertiary/aromatic N) is 2. The van der Waals surface area contributed by atoms with E-state index in [1.165, 1.54) is 19.3 Å². The largest absolute Gasteiger partial charge is 0.494 e. The van der Waals surface area contributed by atoms with Crippen LogP contribution in [0.4, 0.5) is 0 Å². The molecule has 0 aliphatic heterocycles. The van der Waals surface area contributed by atoms with Crippen LogP contribution < -0.4 is 4.74 Å². The second-order valence-corrected chi connectivity index (χ2v) is 4.57. The lowest BCUT2D eigenvalue weighted by molar-refractivity contribution is 0.305. The fourth-order valence-corrected chi connectivity index (χ4v) is 1.55. The second kappa shape index (κ2) is 8.56. The zero-order valence-electron chi connectivity index (χ0n) is 11.7. The van der Waals surface area contributed by atoms with Gasteiger partial charge in [-0.2, -0.15) is 5.10 Å². The Morgan fingerprint density at radius 2 is 1.83 bits per heavy atom. The Kier molecular flexibility index (Phi) is 6.92. The lowest BCUT2D eigenvalue weighted by atomic mass is 10.2. The van der Waals surface area contributed by atoms with Crippen molar-refractivity contribution in [2.45, 2.75) is 32.6 Å². The van der Waals surface area contributed by atoms with Crippen LogP contribution in [0.3, 0.4) is 0 Å². The van der Waals surface area contributed by atoms with Gasteiger partial charge in [-0.3, -0.25) is 0 Å². The maximum Gasteiger partial charge on any atom is 0.119 e. The molecular weight excluding hydrogens is 224 g/mol. The Bertz CT molecular complexity index is 344. The van der Waals surface area contributed by atoms with Gasteiger partial charge in [0.2, 0.25) is 0 Å². The third kappa shape index (κ3) is 6.28. The molecule has 18 heavy (non-hydrogen) atoms. The summed E-state index contributed by atoms with van der Waals surface area (Å²) in [5.74, 6) is 0.938. The fourth-order valence-electron chi connectivity index (χ4n) is 1.55. The van der Waals surface area contributed by atoms with Crippen molar-refractivity contribution >= 4 is 6.21 Å². The number of hydrazone groups is 1. The molecule has 0 N–H and O–H groups in total. The Morgan fingerprint density at radius 1 is 1.11 bits per heavy atom. The van der Waals surface area contributed by atoms with E-state index in [0.29, 0.717) is 0 Å². The topological polar surface area (TPSA) is 24.8 Å². The van der Waals surface area contributed by atoms with Gasteiger partial charge < -0.3 is 9.75 Å². The van der Waals surface area contributed by atoms with Gasteiger partial charge in [0, 0.05) is 14.1 Å². The molecule has 3 nitrogen and oxygen atoms in total. The van der Waals surface area contributed by atoms with Gasteiger partial charge >= 0.3 is 0 Å². The first-order valence-electron chi connectivity index (χ1n) is 6.66. The average molecular weight is 248 g/mol. The third-order valence-electron chi connectivity index (χ3n) is 2.58. The number of hydrogen-bond donors (Lipinski definition) is 0. The number of benzene rings is 1. The highest BCUT2D eigenvalue weighted by Crippen LogP contribution is 2.12. The molecule has 0 aromatic heterocycles. The van der Waals surface area contributed by atoms with Crippen molar-refractivity contribution in [2.75, 3.05) is 20.7 Å². The zero-order chi connectivity index (χ0) is 13.2. The predicted molar refractivity (Wildman–Crippen MR) is 77.4 cm³/mol. The molecule has 1 aromatic rings. The molecule has 0 fully saturated rings. The van der Waals surface area contributed by atoms with Gasteiger partial charge in [0.1, 0.15) is 5.75 Å². The normalized spacial score (nSPS) is 10.8. The predicted octanol–water partition coefficient (Wildman–Crippen LogP) is 3.54. The van der Waals surface area contributed by atoms with E-state index < -0.39 is 0 Å². The van der Waals surface area contributed by atoms with Gasteiger partial charge in [-0.15, -0.1) is 0 Å². The lowest BCUT2D eigenvalue weighted by Gasteiger charge is -2.06. The highest BCUT2D eigenvalue weighted by Gasteiger charge is 1.94. The molecule has 0 unspecified atom stereocenters. The molecule has 0 aliphatic rings. The van der Waals surface area contributed by atoms with Crippen molar-refractivity contribution in [3.63, 3.8) is 0 Å². The molecule has 100 valence electrons. The maximum atomic E-state index is 5.68. The SMILES string of the molecule is CCCCCCOc1ccc(/C=N/N(C)C)cc1. The van der Waals surface area contributed by atoms with E-state index in [-0.39, 0.29) is 0 Å². The van der Waals surface area contributed by atoms with E-state index in [1.54, 1.807) is 5.01 Å². The summed E-state index contributed by atoms with van der Waals surface area (Å²) in [6.45, 7) is 3.03. The minimum atomic E-state index is 0.811. The molecule has 0 amide bonds. The molecule has 1 aromatic carbocycles. The molecule has 0 heterocycles. The fraction of sp³-hybridized carbons (Fsp3) is 0.533. The molecule has 0 spiro atoms. The van der Waals surface area contributed by atoms with Gasteiger partial charge in [-0.1, -0.05) is 26.2 Å². The molecular formula is C15H24N2O. The van der Waals surface area contributed by atoms with Crippen molar-refractivity contribution in [1.82, 2.24) is 5.01 Å². The summed E-state index contributed by atoms with van der Waals surface area (Å²) < 4.78 is 5.68. The Balaban J connectivity index is 2.31. The first-order valence-corrected chi connectivity index (χ1v) is 6.66. The first-order chi connectivity index (χ1) is 8.72. The first kappa shape index (κ1) is 14.6. The second-order valence-electron chi connectivity index (χ2n) is 4.57. The standard InChI is InChI=1S/C15H24N2O/c1-4-5-6-7-12-18-15-10-8-14(9-11-15)13-16-17(2)3/h8-11,13H,4-7,12H2,1-3H3/b16-13+. The summed E-state index contributed by atoms with van der Waals surface area (Å²) in [6, 6.07) is 8.04. The van der Waals surface area contributed by atoms with Gasteiger partial charge in [-0.05, 0) is 36.2 Å². The van der Waals surface area contributed by atoms with E-state index >= 15 is 0 Å². The Labute approximate surface area is 110 Å². The number of unbranched alkanes of at least 4 members (excludes halogenated alkanes) is 3. The van der Waals surface area contributed by atoms with E-state index in [9.17, 15) is 0 Å². The monoisotopic (exact) mass is 248 g/mol. The minimum absolute atomic E-state index is 0.811. The van der Waals surface area contributed by atoms with E-state index in [1.807, 2.05) is 44.6 Å². The molecule has 0 radical (unpaired) electrons. The minimum Gasteiger partial charge on any atom is -0.494 e. The van der Waals surface area contributed by atoms with Gasteiger partial charge in [0.25, 0.3) is 0 Å². The molecule has 0 saturated heterocycles. The molecule has 0 aliphatic carbocycles.